The van der Waals surface area contributed by atoms with Crippen LogP contribution in [0.2, 0.25) is 5.02 Å². The number of unbranched alkanes of at least 4 members (excludes halogenated alkanes) is 1. The molecule has 0 atom stereocenters. The van der Waals surface area contributed by atoms with Crippen molar-refractivity contribution >= 4 is 23.6 Å². The minimum Gasteiger partial charge on any atom is -0.379 e. The van der Waals surface area contributed by atoms with Gasteiger partial charge in [0.15, 0.2) is 0 Å². The minimum atomic E-state index is -0.0636. The number of benzene rings is 1. The van der Waals surface area contributed by atoms with Gasteiger partial charge in [0.05, 0.1) is 13.2 Å². The highest BCUT2D eigenvalue weighted by atomic mass is 35.5. The van der Waals surface area contributed by atoms with E-state index in [2.05, 4.69) is 10.2 Å². The molecule has 0 bridgehead atoms. The highest BCUT2D eigenvalue weighted by Gasteiger charge is 2.08. The molecule has 0 radical (unpaired) electrons. The van der Waals surface area contributed by atoms with Crippen molar-refractivity contribution < 1.29 is 9.53 Å². The number of rotatable bonds is 7. The van der Waals surface area contributed by atoms with Gasteiger partial charge in [-0.25, -0.2) is 0 Å². The van der Waals surface area contributed by atoms with Crippen LogP contribution in [0.5, 0.6) is 0 Å². The largest absolute Gasteiger partial charge is 0.379 e. The van der Waals surface area contributed by atoms with Crippen molar-refractivity contribution in [1.29, 1.82) is 0 Å². The number of hydrogen-bond acceptors (Lipinski definition) is 3. The fourth-order valence-electron chi connectivity index (χ4n) is 2.34. The molecular formula is C17H23ClN2O2. The van der Waals surface area contributed by atoms with Crippen molar-refractivity contribution in [3.05, 3.63) is 40.9 Å². The molecular weight excluding hydrogens is 300 g/mol. The second-order valence-electron chi connectivity index (χ2n) is 5.34. The lowest BCUT2D eigenvalue weighted by atomic mass is 10.2. The number of nitrogens with zero attached hydrogens (tertiary/aromatic N) is 1. The monoisotopic (exact) mass is 322 g/mol. The molecule has 1 aromatic carbocycles. The van der Waals surface area contributed by atoms with Gasteiger partial charge >= 0.3 is 0 Å². The molecule has 0 saturated carbocycles. The molecule has 1 aliphatic rings. The lowest BCUT2D eigenvalue weighted by Crippen LogP contribution is -2.37. The second-order valence-corrected chi connectivity index (χ2v) is 5.78. The van der Waals surface area contributed by atoms with Crippen LogP contribution in [0.3, 0.4) is 0 Å². The van der Waals surface area contributed by atoms with Gasteiger partial charge in [-0.1, -0.05) is 23.7 Å². The lowest BCUT2D eigenvalue weighted by molar-refractivity contribution is -0.116. The first kappa shape index (κ1) is 17.0. The first-order valence-electron chi connectivity index (χ1n) is 7.75. The van der Waals surface area contributed by atoms with E-state index < -0.39 is 0 Å². The average Bonchev–Trinajstić information content (AvgIpc) is 2.54. The predicted octanol–water partition coefficient (Wildman–Crippen LogP) is 2.58. The van der Waals surface area contributed by atoms with Gasteiger partial charge in [-0.2, -0.15) is 0 Å². The summed E-state index contributed by atoms with van der Waals surface area (Å²) in [5, 5.41) is 3.58. The van der Waals surface area contributed by atoms with Gasteiger partial charge in [0.1, 0.15) is 0 Å². The summed E-state index contributed by atoms with van der Waals surface area (Å²) >= 11 is 5.90. The van der Waals surface area contributed by atoms with Crippen molar-refractivity contribution in [3.8, 4) is 0 Å². The Balaban J connectivity index is 1.57. The van der Waals surface area contributed by atoms with E-state index in [1.807, 2.05) is 24.3 Å². The Hall–Kier alpha value is -1.36. The fourth-order valence-corrected chi connectivity index (χ4v) is 2.54. The van der Waals surface area contributed by atoms with Crippen molar-refractivity contribution in [1.82, 2.24) is 10.2 Å². The summed E-state index contributed by atoms with van der Waals surface area (Å²) in [4.78, 5) is 14.1. The minimum absolute atomic E-state index is 0.0636. The zero-order chi connectivity index (χ0) is 15.6. The molecule has 1 aromatic rings. The summed E-state index contributed by atoms with van der Waals surface area (Å²) in [5.41, 5.74) is 0.926. The Bertz CT molecular complexity index is 499. The van der Waals surface area contributed by atoms with E-state index in [0.29, 0.717) is 11.6 Å². The van der Waals surface area contributed by atoms with Gasteiger partial charge in [0.2, 0.25) is 5.91 Å². The van der Waals surface area contributed by atoms with Gasteiger partial charge in [0, 0.05) is 30.7 Å². The van der Waals surface area contributed by atoms with Crippen LogP contribution in [0, 0.1) is 0 Å². The lowest BCUT2D eigenvalue weighted by Gasteiger charge is -2.26. The Morgan fingerprint density at radius 2 is 2.14 bits per heavy atom. The third-order valence-corrected chi connectivity index (χ3v) is 3.81. The number of ether oxygens (including phenoxy) is 1. The van der Waals surface area contributed by atoms with Crippen LogP contribution in [0.4, 0.5) is 0 Å². The summed E-state index contributed by atoms with van der Waals surface area (Å²) in [6, 6.07) is 7.42. The zero-order valence-corrected chi connectivity index (χ0v) is 13.5. The SMILES string of the molecule is O=C(C=Cc1cccc(Cl)c1)NCCCCN1CCOCC1. The number of carbonyl (C=O) groups is 1. The van der Waals surface area contributed by atoms with Gasteiger partial charge in [-0.05, 0) is 43.2 Å². The van der Waals surface area contributed by atoms with E-state index in [1.54, 1.807) is 12.2 Å². The molecule has 0 aliphatic carbocycles. The van der Waals surface area contributed by atoms with Crippen LogP contribution >= 0.6 is 11.6 Å². The molecule has 5 heteroatoms. The summed E-state index contributed by atoms with van der Waals surface area (Å²) < 4.78 is 5.31. The molecule has 1 N–H and O–H groups in total. The fraction of sp³-hybridized carbons (Fsp3) is 0.471. The van der Waals surface area contributed by atoms with Crippen LogP contribution in [0.15, 0.2) is 30.3 Å². The quantitative estimate of drug-likeness (QED) is 0.619. The molecule has 22 heavy (non-hydrogen) atoms. The van der Waals surface area contributed by atoms with E-state index in [9.17, 15) is 4.79 Å². The van der Waals surface area contributed by atoms with Crippen LogP contribution < -0.4 is 5.32 Å². The summed E-state index contributed by atoms with van der Waals surface area (Å²) in [6.45, 7) is 5.51. The van der Waals surface area contributed by atoms with E-state index in [4.69, 9.17) is 16.3 Å². The second kappa shape index (κ2) is 9.62. The maximum atomic E-state index is 11.7. The summed E-state index contributed by atoms with van der Waals surface area (Å²) in [7, 11) is 0. The molecule has 0 aromatic heterocycles. The summed E-state index contributed by atoms with van der Waals surface area (Å²) in [5.74, 6) is -0.0636. The molecule has 120 valence electrons. The van der Waals surface area contributed by atoms with Crippen LogP contribution in [-0.4, -0.2) is 50.2 Å². The first-order chi connectivity index (χ1) is 10.7. The maximum Gasteiger partial charge on any atom is 0.243 e. The van der Waals surface area contributed by atoms with Crippen molar-refractivity contribution in [2.45, 2.75) is 12.8 Å². The zero-order valence-electron chi connectivity index (χ0n) is 12.8. The normalized spacial score (nSPS) is 16.0. The van der Waals surface area contributed by atoms with Crippen molar-refractivity contribution in [3.63, 3.8) is 0 Å². The topological polar surface area (TPSA) is 41.6 Å². The molecule has 4 nitrogen and oxygen atoms in total. The number of morpholine rings is 1. The van der Waals surface area contributed by atoms with Crippen molar-refractivity contribution in [2.24, 2.45) is 0 Å². The Kier molecular flexibility index (Phi) is 7.43. The van der Waals surface area contributed by atoms with Crippen LogP contribution in [-0.2, 0) is 9.53 Å². The molecule has 1 heterocycles. The highest BCUT2D eigenvalue weighted by molar-refractivity contribution is 6.30. The van der Waals surface area contributed by atoms with Gasteiger partial charge in [-0.15, -0.1) is 0 Å². The first-order valence-corrected chi connectivity index (χ1v) is 8.13. The summed E-state index contributed by atoms with van der Waals surface area (Å²) in [6.07, 6.45) is 5.41. The number of carbonyl (C=O) groups excluding carboxylic acids is 1. The molecule has 0 spiro atoms. The molecule has 1 aliphatic heterocycles. The smallest absolute Gasteiger partial charge is 0.243 e. The maximum absolute atomic E-state index is 11.7. The van der Waals surface area contributed by atoms with E-state index in [1.165, 1.54) is 0 Å². The van der Waals surface area contributed by atoms with E-state index in [0.717, 1.165) is 51.3 Å². The van der Waals surface area contributed by atoms with E-state index >= 15 is 0 Å². The third-order valence-electron chi connectivity index (χ3n) is 3.58. The Morgan fingerprint density at radius 3 is 2.91 bits per heavy atom. The average molecular weight is 323 g/mol. The number of amides is 1. The predicted molar refractivity (Wildman–Crippen MR) is 90.0 cm³/mol. The standard InChI is InChI=1S/C17H23ClN2O2/c18-16-5-3-4-15(14-16)6-7-17(21)19-8-1-2-9-20-10-12-22-13-11-20/h3-7,14H,1-2,8-13H2,(H,19,21). The number of halogens is 1. The molecule has 1 amide bonds. The van der Waals surface area contributed by atoms with Crippen LogP contribution in [0.25, 0.3) is 6.08 Å². The van der Waals surface area contributed by atoms with Gasteiger partial charge in [0.25, 0.3) is 0 Å². The highest BCUT2D eigenvalue weighted by Crippen LogP contribution is 2.11. The Morgan fingerprint density at radius 1 is 1.32 bits per heavy atom. The van der Waals surface area contributed by atoms with Crippen molar-refractivity contribution in [2.75, 3.05) is 39.4 Å². The number of hydrogen-bond donors (Lipinski definition) is 1. The third kappa shape index (κ3) is 6.60. The molecule has 1 fully saturated rings. The van der Waals surface area contributed by atoms with Gasteiger partial charge in [-0.3, -0.25) is 9.69 Å². The molecule has 1 saturated heterocycles. The number of nitrogens with one attached hydrogen (secondary N) is 1. The van der Waals surface area contributed by atoms with E-state index in [-0.39, 0.29) is 5.91 Å². The Labute approximate surface area is 137 Å². The molecule has 0 unspecified atom stereocenters. The van der Waals surface area contributed by atoms with Gasteiger partial charge < -0.3 is 10.1 Å². The molecule has 2 rings (SSSR count). The van der Waals surface area contributed by atoms with Crippen LogP contribution in [0.1, 0.15) is 18.4 Å².